The molecule has 2 aliphatic heterocycles. The molecule has 0 aliphatic carbocycles. The predicted molar refractivity (Wildman–Crippen MR) is 160 cm³/mol. The number of imidazole rings is 1. The molecular formula is C31H33F2N5O6S. The van der Waals surface area contributed by atoms with E-state index in [0.717, 1.165) is 18.0 Å². The van der Waals surface area contributed by atoms with E-state index in [4.69, 9.17) is 19.2 Å². The maximum absolute atomic E-state index is 13.9. The summed E-state index contributed by atoms with van der Waals surface area (Å²) in [7, 11) is -1.82. The lowest BCUT2D eigenvalue weighted by Crippen LogP contribution is -2.45. The molecule has 4 aromatic rings. The second kappa shape index (κ2) is 12.7. The van der Waals surface area contributed by atoms with Crippen LogP contribution in [0, 0.1) is 11.6 Å². The molecule has 0 bridgehead atoms. The van der Waals surface area contributed by atoms with Crippen LogP contribution in [-0.2, 0) is 34.3 Å². The van der Waals surface area contributed by atoms with Crippen LogP contribution in [0.4, 0.5) is 8.78 Å². The van der Waals surface area contributed by atoms with Gasteiger partial charge in [-0.2, -0.15) is 4.98 Å². The number of halogens is 2. The first-order valence-electron chi connectivity index (χ1n) is 14.7. The second-order valence-corrected chi connectivity index (χ2v) is 13.8. The van der Waals surface area contributed by atoms with E-state index in [9.17, 15) is 22.0 Å². The molecule has 1 unspecified atom stereocenters. The number of methoxy groups -OCH3 is 1. The molecule has 6 rings (SSSR count). The number of carbonyl (C=O) groups excluding carboxylic acids is 1. The Hall–Kier alpha value is -4.17. The van der Waals surface area contributed by atoms with Crippen LogP contribution >= 0.6 is 0 Å². The molecule has 2 aromatic carbocycles. The maximum Gasteiger partial charge on any atom is 0.337 e. The maximum atomic E-state index is 13.9. The zero-order valence-corrected chi connectivity index (χ0v) is 25.7. The van der Waals surface area contributed by atoms with E-state index >= 15 is 0 Å². The summed E-state index contributed by atoms with van der Waals surface area (Å²) >= 11 is 0. The van der Waals surface area contributed by atoms with Gasteiger partial charge in [-0.05, 0) is 56.5 Å². The molecule has 0 spiro atoms. The highest BCUT2D eigenvalue weighted by Gasteiger charge is 2.37. The Morgan fingerprint density at radius 1 is 1.09 bits per heavy atom. The van der Waals surface area contributed by atoms with Crippen molar-refractivity contribution in [3.8, 4) is 11.6 Å². The zero-order valence-electron chi connectivity index (χ0n) is 24.9. The molecule has 2 aromatic heterocycles. The standard InChI is InChI=1S/C31H33F2N5O6S/c1-19-13-22(44-30-7-10-34-28(36-30)18-43-27-6-4-21(32)15-24(27)33)8-11-37(19)17-29-35-25-5-3-20(31(39)42-2)14-26(25)38(29)16-23-9-12-45(23,40)41/h3-7,10,14-15,19,22-23H,8-9,11-13,16-18H2,1-2H3/t19-,22-,23?/m0/s1. The van der Waals surface area contributed by atoms with Crippen molar-refractivity contribution in [2.24, 2.45) is 0 Å². The molecule has 0 saturated carbocycles. The zero-order chi connectivity index (χ0) is 31.7. The fourth-order valence-electron chi connectivity index (χ4n) is 5.75. The first kappa shape index (κ1) is 30.8. The Balaban J connectivity index is 1.12. The minimum atomic E-state index is -3.14. The first-order valence-corrected chi connectivity index (χ1v) is 16.4. The number of rotatable bonds is 10. The third-order valence-corrected chi connectivity index (χ3v) is 10.6. The van der Waals surface area contributed by atoms with Crippen molar-refractivity contribution in [3.63, 3.8) is 0 Å². The van der Waals surface area contributed by atoms with Crippen LogP contribution in [0.15, 0.2) is 48.7 Å². The van der Waals surface area contributed by atoms with Crippen LogP contribution in [0.3, 0.4) is 0 Å². The number of esters is 1. The topological polar surface area (TPSA) is 126 Å². The average Bonchev–Trinajstić information content (AvgIpc) is 3.36. The Bertz CT molecular complexity index is 1830. The normalized spacial score (nSPS) is 21.3. The van der Waals surface area contributed by atoms with Gasteiger partial charge in [0.1, 0.15) is 24.4 Å². The lowest BCUT2D eigenvalue weighted by atomic mass is 10.0. The van der Waals surface area contributed by atoms with E-state index in [0.29, 0.717) is 60.7 Å². The summed E-state index contributed by atoms with van der Waals surface area (Å²) in [5.41, 5.74) is 1.76. The van der Waals surface area contributed by atoms with Crippen LogP contribution in [0.25, 0.3) is 11.0 Å². The molecule has 238 valence electrons. The summed E-state index contributed by atoms with van der Waals surface area (Å²) in [5.74, 6) is -0.476. The number of carbonyl (C=O) groups is 1. The summed E-state index contributed by atoms with van der Waals surface area (Å²) in [6, 6.07) is 9.97. The minimum Gasteiger partial charge on any atom is -0.483 e. The number of hydrogen-bond donors (Lipinski definition) is 0. The largest absolute Gasteiger partial charge is 0.483 e. The number of aromatic nitrogens is 4. The van der Waals surface area contributed by atoms with Gasteiger partial charge in [0.05, 0.1) is 41.3 Å². The van der Waals surface area contributed by atoms with Gasteiger partial charge in [-0.3, -0.25) is 4.90 Å². The number of sulfone groups is 1. The van der Waals surface area contributed by atoms with Crippen LogP contribution in [0.1, 0.15) is 48.2 Å². The fourth-order valence-corrected chi connectivity index (χ4v) is 7.08. The number of hydrogen-bond acceptors (Lipinski definition) is 10. The summed E-state index contributed by atoms with van der Waals surface area (Å²) in [4.78, 5) is 27.9. The lowest BCUT2D eigenvalue weighted by Gasteiger charge is -2.37. The van der Waals surface area contributed by atoms with Crippen molar-refractivity contribution in [1.29, 1.82) is 0 Å². The molecule has 14 heteroatoms. The van der Waals surface area contributed by atoms with Crippen LogP contribution in [-0.4, -0.2) is 75.6 Å². The van der Waals surface area contributed by atoms with Gasteiger partial charge in [0.25, 0.3) is 0 Å². The van der Waals surface area contributed by atoms with Gasteiger partial charge in [0.15, 0.2) is 27.2 Å². The molecule has 0 N–H and O–H groups in total. The van der Waals surface area contributed by atoms with Crippen LogP contribution < -0.4 is 9.47 Å². The summed E-state index contributed by atoms with van der Waals surface area (Å²) in [6.45, 7) is 3.47. The quantitative estimate of drug-likeness (QED) is 0.234. The molecule has 0 amide bonds. The van der Waals surface area contributed by atoms with E-state index in [1.54, 1.807) is 30.5 Å². The molecule has 45 heavy (non-hydrogen) atoms. The first-order chi connectivity index (χ1) is 21.6. The fraction of sp³-hybridized carbons (Fsp3) is 0.419. The predicted octanol–water partition coefficient (Wildman–Crippen LogP) is 4.09. The van der Waals surface area contributed by atoms with E-state index in [1.165, 1.54) is 13.2 Å². The van der Waals surface area contributed by atoms with Crippen molar-refractivity contribution in [2.75, 3.05) is 19.4 Å². The minimum absolute atomic E-state index is 0.0979. The van der Waals surface area contributed by atoms with Crippen molar-refractivity contribution in [1.82, 2.24) is 24.4 Å². The number of fused-ring (bicyclic) bond motifs is 1. The highest BCUT2D eigenvalue weighted by molar-refractivity contribution is 7.93. The lowest BCUT2D eigenvalue weighted by molar-refractivity contribution is 0.0536. The van der Waals surface area contributed by atoms with Gasteiger partial charge in [-0.15, -0.1) is 0 Å². The molecule has 2 fully saturated rings. The Morgan fingerprint density at radius 3 is 2.64 bits per heavy atom. The van der Waals surface area contributed by atoms with Crippen molar-refractivity contribution >= 4 is 26.8 Å². The molecule has 4 heterocycles. The monoisotopic (exact) mass is 641 g/mol. The van der Waals surface area contributed by atoms with Crippen molar-refractivity contribution in [2.45, 2.75) is 63.3 Å². The van der Waals surface area contributed by atoms with E-state index in [-0.39, 0.29) is 36.8 Å². The number of ether oxygens (including phenoxy) is 3. The smallest absolute Gasteiger partial charge is 0.337 e. The number of likely N-dealkylation sites (tertiary alicyclic amines) is 1. The molecule has 2 aliphatic rings. The van der Waals surface area contributed by atoms with Gasteiger partial charge in [-0.1, -0.05) is 0 Å². The Morgan fingerprint density at radius 2 is 1.93 bits per heavy atom. The third kappa shape index (κ3) is 6.76. The van der Waals surface area contributed by atoms with E-state index in [1.807, 2.05) is 4.57 Å². The number of benzene rings is 2. The molecule has 0 radical (unpaired) electrons. The van der Waals surface area contributed by atoms with Gasteiger partial charge >= 0.3 is 5.97 Å². The molecule has 3 atom stereocenters. The Labute approximate surface area is 259 Å². The summed E-state index contributed by atoms with van der Waals surface area (Å²) in [5, 5.41) is -0.482. The second-order valence-electron chi connectivity index (χ2n) is 11.4. The molecule has 11 nitrogen and oxygen atoms in total. The van der Waals surface area contributed by atoms with E-state index < -0.39 is 32.7 Å². The highest BCUT2D eigenvalue weighted by atomic mass is 32.2. The van der Waals surface area contributed by atoms with Crippen LogP contribution in [0.2, 0.25) is 0 Å². The van der Waals surface area contributed by atoms with Gasteiger partial charge in [0.2, 0.25) is 5.88 Å². The highest BCUT2D eigenvalue weighted by Crippen LogP contribution is 2.29. The van der Waals surface area contributed by atoms with Gasteiger partial charge in [0, 0.05) is 37.5 Å². The summed E-state index contributed by atoms with van der Waals surface area (Å²) < 4.78 is 70.3. The van der Waals surface area contributed by atoms with E-state index in [2.05, 4.69) is 21.8 Å². The number of nitrogens with zero attached hydrogens (tertiary/aromatic N) is 5. The van der Waals surface area contributed by atoms with Gasteiger partial charge < -0.3 is 18.8 Å². The summed E-state index contributed by atoms with van der Waals surface area (Å²) in [6.07, 6.45) is 3.44. The average molecular weight is 642 g/mol. The Kier molecular flexibility index (Phi) is 8.69. The van der Waals surface area contributed by atoms with Gasteiger partial charge in [-0.25, -0.2) is 32.0 Å². The molecular weight excluding hydrogens is 608 g/mol. The third-order valence-electron chi connectivity index (χ3n) is 8.39. The van der Waals surface area contributed by atoms with Crippen molar-refractivity contribution in [3.05, 3.63) is 77.5 Å². The molecule has 2 saturated heterocycles. The van der Waals surface area contributed by atoms with Crippen LogP contribution in [0.5, 0.6) is 11.6 Å². The number of piperidine rings is 1. The van der Waals surface area contributed by atoms with Crippen molar-refractivity contribution < 1.29 is 36.2 Å². The SMILES string of the molecule is COC(=O)c1ccc2nc(CN3CC[C@H](Oc4ccnc(COc5ccc(F)cc5F)n4)C[C@@H]3C)n(CC3CCS3(=O)=O)c2c1.